The van der Waals surface area contributed by atoms with Gasteiger partial charge in [-0.25, -0.2) is 0 Å². The first kappa shape index (κ1) is 25.0. The van der Waals surface area contributed by atoms with Gasteiger partial charge in [0.1, 0.15) is 0 Å². The number of rotatable bonds is 3. The van der Waals surface area contributed by atoms with Crippen LogP contribution in [0, 0.1) is 0 Å². The molecule has 0 N–H and O–H groups in total. The lowest BCUT2D eigenvalue weighted by Gasteiger charge is -2.12. The molecular weight excluding hydrogens is 560 g/mol. The summed E-state index contributed by atoms with van der Waals surface area (Å²) in [4.78, 5) is 14.1. The molecular formula is C39H23ClN4. The van der Waals surface area contributed by atoms with Crippen LogP contribution in [0.5, 0.6) is 0 Å². The van der Waals surface area contributed by atoms with E-state index in [-0.39, 0.29) is 5.28 Å². The molecule has 0 fully saturated rings. The largest absolute Gasteiger partial charge is 0.278 e. The molecule has 0 unspecified atom stereocenters. The van der Waals surface area contributed by atoms with Crippen LogP contribution < -0.4 is 0 Å². The first-order valence-corrected chi connectivity index (χ1v) is 14.9. The quantitative estimate of drug-likeness (QED) is 0.195. The van der Waals surface area contributed by atoms with Crippen molar-refractivity contribution in [3.63, 3.8) is 0 Å². The second-order valence-corrected chi connectivity index (χ2v) is 11.4. The van der Waals surface area contributed by atoms with Gasteiger partial charge in [-0.2, -0.15) is 15.0 Å². The summed E-state index contributed by atoms with van der Waals surface area (Å²) in [6.07, 6.45) is 0. The fourth-order valence-corrected chi connectivity index (χ4v) is 6.79. The number of hydrogen-bond donors (Lipinski definition) is 0. The van der Waals surface area contributed by atoms with Gasteiger partial charge in [0.25, 0.3) is 0 Å². The number of benzene rings is 7. The lowest BCUT2D eigenvalue weighted by Crippen LogP contribution is -2.04. The van der Waals surface area contributed by atoms with E-state index in [9.17, 15) is 0 Å². The van der Waals surface area contributed by atoms with Gasteiger partial charge in [0.15, 0.2) is 5.82 Å². The number of fused-ring (bicyclic) bond motifs is 9. The summed E-state index contributed by atoms with van der Waals surface area (Å²) in [5.74, 6) is 1.02. The molecule has 0 amide bonds. The van der Waals surface area contributed by atoms with E-state index < -0.39 is 0 Å². The highest BCUT2D eigenvalue weighted by Crippen LogP contribution is 2.38. The molecule has 0 bridgehead atoms. The lowest BCUT2D eigenvalue weighted by atomic mass is 9.92. The second kappa shape index (κ2) is 9.73. The maximum Gasteiger partial charge on any atom is 0.239 e. The Kier molecular flexibility index (Phi) is 5.52. The molecule has 0 atom stereocenters. The van der Waals surface area contributed by atoms with E-state index in [1.54, 1.807) is 0 Å². The SMILES string of the molecule is Clc1nc(-c2cccc(-c3ccc4c5ccccc5c5ccccc5c4c3)c2)nc(-n2c3ccccc3c3ccccc32)n1. The molecule has 9 rings (SSSR count). The van der Waals surface area contributed by atoms with Crippen LogP contribution in [0.4, 0.5) is 0 Å². The van der Waals surface area contributed by atoms with Crippen molar-refractivity contribution in [2.75, 3.05) is 0 Å². The van der Waals surface area contributed by atoms with Crippen molar-refractivity contribution in [1.29, 1.82) is 0 Å². The molecule has 0 saturated carbocycles. The van der Waals surface area contributed by atoms with Gasteiger partial charge in [-0.05, 0) is 79.3 Å². The fourth-order valence-electron chi connectivity index (χ4n) is 6.63. The molecule has 206 valence electrons. The summed E-state index contributed by atoms with van der Waals surface area (Å²) in [6, 6.07) is 48.9. The summed E-state index contributed by atoms with van der Waals surface area (Å²) in [7, 11) is 0. The Hall–Kier alpha value is -5.58. The van der Waals surface area contributed by atoms with Crippen LogP contribution >= 0.6 is 11.6 Å². The van der Waals surface area contributed by atoms with Gasteiger partial charge >= 0.3 is 0 Å². The van der Waals surface area contributed by atoms with Gasteiger partial charge in [0.2, 0.25) is 11.2 Å². The Morgan fingerprint density at radius 2 is 0.886 bits per heavy atom. The average Bonchev–Trinajstić information content (AvgIpc) is 3.42. The lowest BCUT2D eigenvalue weighted by molar-refractivity contribution is 0.947. The molecule has 7 aromatic carbocycles. The molecule has 5 heteroatoms. The summed E-state index contributed by atoms with van der Waals surface area (Å²) >= 11 is 6.57. The van der Waals surface area contributed by atoms with Crippen molar-refractivity contribution in [1.82, 2.24) is 19.5 Å². The molecule has 2 heterocycles. The zero-order valence-electron chi connectivity index (χ0n) is 23.4. The van der Waals surface area contributed by atoms with E-state index in [1.807, 2.05) is 24.3 Å². The van der Waals surface area contributed by atoms with Crippen molar-refractivity contribution in [2.24, 2.45) is 0 Å². The Labute approximate surface area is 257 Å². The van der Waals surface area contributed by atoms with E-state index in [2.05, 4.69) is 130 Å². The monoisotopic (exact) mass is 582 g/mol. The van der Waals surface area contributed by atoms with Crippen molar-refractivity contribution in [3.8, 4) is 28.5 Å². The molecule has 2 aromatic heterocycles. The highest BCUT2D eigenvalue weighted by molar-refractivity contribution is 6.28. The van der Waals surface area contributed by atoms with Crippen LogP contribution in [0.1, 0.15) is 0 Å². The number of para-hydroxylation sites is 2. The van der Waals surface area contributed by atoms with Crippen LogP contribution in [0.3, 0.4) is 0 Å². The normalized spacial score (nSPS) is 11.8. The third kappa shape index (κ3) is 3.82. The molecule has 0 spiro atoms. The predicted molar refractivity (Wildman–Crippen MR) is 183 cm³/mol. The maximum atomic E-state index is 6.57. The summed E-state index contributed by atoms with van der Waals surface area (Å²) in [5, 5.41) is 9.97. The second-order valence-electron chi connectivity index (χ2n) is 11.0. The van der Waals surface area contributed by atoms with Crippen molar-refractivity contribution in [2.45, 2.75) is 0 Å². The van der Waals surface area contributed by atoms with Gasteiger partial charge in [0.05, 0.1) is 11.0 Å². The predicted octanol–water partition coefficient (Wildman–Crippen LogP) is 10.4. The van der Waals surface area contributed by atoms with Crippen LogP contribution in [-0.4, -0.2) is 19.5 Å². The number of aromatic nitrogens is 4. The molecule has 0 aliphatic rings. The highest BCUT2D eigenvalue weighted by atomic mass is 35.5. The summed E-state index contributed by atoms with van der Waals surface area (Å²) in [6.45, 7) is 0. The Balaban J connectivity index is 1.21. The fraction of sp³-hybridized carbons (Fsp3) is 0. The molecule has 0 saturated heterocycles. The summed E-state index contributed by atoms with van der Waals surface area (Å²) in [5.41, 5.74) is 5.12. The van der Waals surface area contributed by atoms with Crippen LogP contribution in [0.15, 0.2) is 140 Å². The molecule has 9 aromatic rings. The van der Waals surface area contributed by atoms with E-state index in [0.717, 1.165) is 38.5 Å². The third-order valence-electron chi connectivity index (χ3n) is 8.57. The highest BCUT2D eigenvalue weighted by Gasteiger charge is 2.17. The van der Waals surface area contributed by atoms with E-state index in [1.165, 1.54) is 32.3 Å². The minimum absolute atomic E-state index is 0.154. The van der Waals surface area contributed by atoms with Crippen molar-refractivity contribution in [3.05, 3.63) is 145 Å². The van der Waals surface area contributed by atoms with Gasteiger partial charge < -0.3 is 0 Å². The first-order chi connectivity index (χ1) is 21.7. The standard InChI is InChI=1S/C39H23ClN4/c40-38-41-37(42-39(43-38)44-35-18-7-5-16-32(35)33-17-6-8-19-36(33)44)26-11-9-10-24(22-26)25-20-21-31-29-14-2-1-12-27(29)28-13-3-4-15-30(28)34(31)23-25/h1-23H. The molecule has 44 heavy (non-hydrogen) atoms. The average molecular weight is 583 g/mol. The minimum Gasteiger partial charge on any atom is -0.278 e. The molecule has 0 aliphatic heterocycles. The smallest absolute Gasteiger partial charge is 0.239 e. The van der Waals surface area contributed by atoms with Gasteiger partial charge in [0, 0.05) is 16.3 Å². The van der Waals surface area contributed by atoms with E-state index in [4.69, 9.17) is 16.6 Å². The third-order valence-corrected chi connectivity index (χ3v) is 8.74. The molecule has 0 aliphatic carbocycles. The Morgan fingerprint density at radius 1 is 0.386 bits per heavy atom. The van der Waals surface area contributed by atoms with Gasteiger partial charge in [-0.1, -0.05) is 115 Å². The molecule has 4 nitrogen and oxygen atoms in total. The van der Waals surface area contributed by atoms with Gasteiger partial charge in [-0.3, -0.25) is 4.57 Å². The van der Waals surface area contributed by atoms with E-state index >= 15 is 0 Å². The van der Waals surface area contributed by atoms with Crippen LogP contribution in [0.25, 0.3) is 82.6 Å². The van der Waals surface area contributed by atoms with Gasteiger partial charge in [-0.15, -0.1) is 0 Å². The summed E-state index contributed by atoms with van der Waals surface area (Å²) < 4.78 is 2.06. The van der Waals surface area contributed by atoms with Crippen molar-refractivity contribution < 1.29 is 0 Å². The van der Waals surface area contributed by atoms with Crippen LogP contribution in [-0.2, 0) is 0 Å². The van der Waals surface area contributed by atoms with E-state index in [0.29, 0.717) is 11.8 Å². The van der Waals surface area contributed by atoms with Crippen LogP contribution in [0.2, 0.25) is 5.28 Å². The topological polar surface area (TPSA) is 43.6 Å². The zero-order valence-corrected chi connectivity index (χ0v) is 24.2. The number of halogens is 1. The Bertz CT molecular complexity index is 2500. The number of hydrogen-bond acceptors (Lipinski definition) is 3. The maximum absolute atomic E-state index is 6.57. The first-order valence-electron chi connectivity index (χ1n) is 14.6. The van der Waals surface area contributed by atoms with Crippen molar-refractivity contribution >= 4 is 65.7 Å². The minimum atomic E-state index is 0.154. The Morgan fingerprint density at radius 3 is 1.52 bits per heavy atom. The zero-order chi connectivity index (χ0) is 29.2. The molecule has 0 radical (unpaired) electrons. The number of nitrogens with zero attached hydrogens (tertiary/aromatic N) is 4.